The van der Waals surface area contributed by atoms with Crippen LogP contribution in [0.15, 0.2) is 54.6 Å². The number of amides is 1. The first-order valence-electron chi connectivity index (χ1n) is 9.68. The normalized spacial score (nSPS) is 20.6. The summed E-state index contributed by atoms with van der Waals surface area (Å²) in [5.41, 5.74) is 4.14. The van der Waals surface area contributed by atoms with Crippen LogP contribution in [0.4, 0.5) is 0 Å². The van der Waals surface area contributed by atoms with Crippen LogP contribution >= 0.6 is 0 Å². The van der Waals surface area contributed by atoms with Crippen LogP contribution in [-0.2, 0) is 11.2 Å². The van der Waals surface area contributed by atoms with Gasteiger partial charge < -0.3 is 10.2 Å². The largest absolute Gasteiger partial charge is 0.340 e. The minimum Gasteiger partial charge on any atom is -0.340 e. The summed E-state index contributed by atoms with van der Waals surface area (Å²) in [6.07, 6.45) is 1.66. The van der Waals surface area contributed by atoms with Crippen molar-refractivity contribution in [3.63, 3.8) is 0 Å². The predicted molar refractivity (Wildman–Crippen MR) is 104 cm³/mol. The van der Waals surface area contributed by atoms with Crippen molar-refractivity contribution in [3.8, 4) is 0 Å². The van der Waals surface area contributed by atoms with Gasteiger partial charge in [0.15, 0.2) is 0 Å². The summed E-state index contributed by atoms with van der Waals surface area (Å²) in [4.78, 5) is 17.1. The van der Waals surface area contributed by atoms with Crippen molar-refractivity contribution in [1.29, 1.82) is 0 Å². The van der Waals surface area contributed by atoms with Crippen LogP contribution in [0.2, 0.25) is 0 Å². The molecule has 136 valence electrons. The topological polar surface area (TPSA) is 35.6 Å². The van der Waals surface area contributed by atoms with E-state index in [2.05, 4.69) is 64.8 Å². The zero-order valence-electron chi connectivity index (χ0n) is 15.2. The van der Waals surface area contributed by atoms with Crippen molar-refractivity contribution >= 4 is 5.91 Å². The van der Waals surface area contributed by atoms with E-state index in [1.165, 1.54) is 16.7 Å². The van der Waals surface area contributed by atoms with Gasteiger partial charge >= 0.3 is 0 Å². The van der Waals surface area contributed by atoms with E-state index < -0.39 is 0 Å². The molecule has 2 aliphatic rings. The first-order valence-corrected chi connectivity index (χ1v) is 9.68. The number of hydrogen-bond acceptors (Lipinski definition) is 3. The Balaban J connectivity index is 1.52. The molecule has 4 rings (SSSR count). The molecule has 26 heavy (non-hydrogen) atoms. The molecule has 0 saturated carbocycles. The fourth-order valence-corrected chi connectivity index (χ4v) is 4.20. The molecule has 2 aromatic rings. The average molecular weight is 349 g/mol. The molecule has 1 atom stereocenters. The van der Waals surface area contributed by atoms with Crippen LogP contribution in [0.3, 0.4) is 0 Å². The highest BCUT2D eigenvalue weighted by atomic mass is 16.2. The highest BCUT2D eigenvalue weighted by Crippen LogP contribution is 2.35. The SMILES string of the molecule is O=C(CCN1CCc2ccccc2C1c1ccccc1)N1CCNCC1. The van der Waals surface area contributed by atoms with E-state index in [0.29, 0.717) is 6.42 Å². The maximum Gasteiger partial charge on any atom is 0.223 e. The van der Waals surface area contributed by atoms with E-state index in [4.69, 9.17) is 0 Å². The van der Waals surface area contributed by atoms with E-state index >= 15 is 0 Å². The Kier molecular flexibility index (Phi) is 5.32. The van der Waals surface area contributed by atoms with E-state index in [9.17, 15) is 4.79 Å². The minimum absolute atomic E-state index is 0.247. The molecule has 1 amide bonds. The van der Waals surface area contributed by atoms with Gasteiger partial charge in [-0.15, -0.1) is 0 Å². The van der Waals surface area contributed by atoms with E-state index in [0.717, 1.165) is 45.7 Å². The zero-order valence-corrected chi connectivity index (χ0v) is 15.2. The fourth-order valence-electron chi connectivity index (χ4n) is 4.20. The van der Waals surface area contributed by atoms with Crippen molar-refractivity contribution in [2.75, 3.05) is 39.3 Å². The van der Waals surface area contributed by atoms with Crippen LogP contribution in [0.1, 0.15) is 29.2 Å². The maximum absolute atomic E-state index is 12.6. The molecule has 0 bridgehead atoms. The van der Waals surface area contributed by atoms with Gasteiger partial charge in [0.1, 0.15) is 0 Å². The summed E-state index contributed by atoms with van der Waals surface area (Å²) < 4.78 is 0. The molecule has 1 N–H and O–H groups in total. The molecule has 0 spiro atoms. The van der Waals surface area contributed by atoms with Crippen molar-refractivity contribution in [2.24, 2.45) is 0 Å². The molecule has 4 heteroatoms. The summed E-state index contributed by atoms with van der Waals surface area (Å²) in [7, 11) is 0. The third-order valence-electron chi connectivity index (χ3n) is 5.58. The number of carbonyl (C=O) groups excluding carboxylic acids is 1. The quantitative estimate of drug-likeness (QED) is 0.921. The fraction of sp³-hybridized carbons (Fsp3) is 0.409. The highest BCUT2D eigenvalue weighted by molar-refractivity contribution is 5.76. The maximum atomic E-state index is 12.6. The third-order valence-corrected chi connectivity index (χ3v) is 5.58. The second kappa shape index (κ2) is 8.02. The lowest BCUT2D eigenvalue weighted by Gasteiger charge is -2.38. The molecule has 0 aliphatic carbocycles. The van der Waals surface area contributed by atoms with Gasteiger partial charge in [0.05, 0.1) is 6.04 Å². The Bertz CT molecular complexity index is 740. The number of fused-ring (bicyclic) bond motifs is 1. The monoisotopic (exact) mass is 349 g/mol. The lowest BCUT2D eigenvalue weighted by molar-refractivity contribution is -0.132. The van der Waals surface area contributed by atoms with Gasteiger partial charge in [0, 0.05) is 45.7 Å². The highest BCUT2D eigenvalue weighted by Gasteiger charge is 2.29. The number of benzene rings is 2. The lowest BCUT2D eigenvalue weighted by atomic mass is 9.88. The molecule has 0 radical (unpaired) electrons. The molecule has 1 saturated heterocycles. The van der Waals surface area contributed by atoms with Gasteiger partial charge in [-0.05, 0) is 23.1 Å². The molecular weight excluding hydrogens is 322 g/mol. The second-order valence-electron chi connectivity index (χ2n) is 7.18. The Hall–Kier alpha value is -2.17. The molecule has 2 heterocycles. The van der Waals surface area contributed by atoms with Crippen molar-refractivity contribution < 1.29 is 4.79 Å². The van der Waals surface area contributed by atoms with E-state index in [-0.39, 0.29) is 11.9 Å². The third kappa shape index (κ3) is 3.67. The lowest BCUT2D eigenvalue weighted by Crippen LogP contribution is -2.47. The summed E-state index contributed by atoms with van der Waals surface area (Å²) >= 11 is 0. The van der Waals surface area contributed by atoms with Crippen molar-refractivity contribution in [1.82, 2.24) is 15.1 Å². The molecule has 2 aliphatic heterocycles. The van der Waals surface area contributed by atoms with Crippen molar-refractivity contribution in [3.05, 3.63) is 71.3 Å². The van der Waals surface area contributed by atoms with Gasteiger partial charge in [-0.1, -0.05) is 54.6 Å². The Morgan fingerprint density at radius 3 is 2.50 bits per heavy atom. The van der Waals surface area contributed by atoms with E-state index in [1.807, 2.05) is 4.90 Å². The van der Waals surface area contributed by atoms with Crippen molar-refractivity contribution in [2.45, 2.75) is 18.9 Å². The molecule has 1 unspecified atom stereocenters. The number of nitrogens with zero attached hydrogens (tertiary/aromatic N) is 2. The molecule has 0 aromatic heterocycles. The summed E-state index contributed by atoms with van der Waals surface area (Å²) in [5, 5.41) is 3.31. The molecule has 1 fully saturated rings. The smallest absolute Gasteiger partial charge is 0.223 e. The van der Waals surface area contributed by atoms with Crippen LogP contribution < -0.4 is 5.32 Å². The second-order valence-corrected chi connectivity index (χ2v) is 7.18. The first kappa shape index (κ1) is 17.3. The standard InChI is InChI=1S/C22H27N3O/c26-21(24-16-12-23-13-17-24)11-15-25-14-10-18-6-4-5-9-20(18)22(25)19-7-2-1-3-8-19/h1-9,22-23H,10-17H2. The van der Waals surface area contributed by atoms with Crippen LogP contribution in [0.5, 0.6) is 0 Å². The van der Waals surface area contributed by atoms with Gasteiger partial charge in [0.25, 0.3) is 0 Å². The molecule has 2 aromatic carbocycles. The number of rotatable bonds is 4. The minimum atomic E-state index is 0.247. The Morgan fingerprint density at radius 2 is 1.69 bits per heavy atom. The number of hydrogen-bond donors (Lipinski definition) is 1. The summed E-state index contributed by atoms with van der Waals surface area (Å²) in [5.74, 6) is 0.289. The van der Waals surface area contributed by atoms with Crippen LogP contribution in [-0.4, -0.2) is 55.0 Å². The van der Waals surface area contributed by atoms with Crippen LogP contribution in [0.25, 0.3) is 0 Å². The van der Waals surface area contributed by atoms with Gasteiger partial charge in [-0.3, -0.25) is 9.69 Å². The van der Waals surface area contributed by atoms with E-state index in [1.54, 1.807) is 0 Å². The van der Waals surface area contributed by atoms with Gasteiger partial charge in [0.2, 0.25) is 5.91 Å². The first-order chi connectivity index (χ1) is 12.8. The Morgan fingerprint density at radius 1 is 0.962 bits per heavy atom. The molecular formula is C22H27N3O. The Labute approximate surface area is 155 Å². The summed E-state index contributed by atoms with van der Waals surface area (Å²) in [6, 6.07) is 19.7. The van der Waals surface area contributed by atoms with Gasteiger partial charge in [-0.2, -0.15) is 0 Å². The van der Waals surface area contributed by atoms with Crippen LogP contribution in [0, 0.1) is 0 Å². The molecule has 4 nitrogen and oxygen atoms in total. The number of carbonyl (C=O) groups is 1. The predicted octanol–water partition coefficient (Wildman–Crippen LogP) is 2.46. The number of piperazine rings is 1. The number of nitrogens with one attached hydrogen (secondary N) is 1. The zero-order chi connectivity index (χ0) is 17.8. The average Bonchev–Trinajstić information content (AvgIpc) is 2.72. The summed E-state index contributed by atoms with van der Waals surface area (Å²) in [6.45, 7) is 5.32. The van der Waals surface area contributed by atoms with Gasteiger partial charge in [-0.25, -0.2) is 0 Å².